The van der Waals surface area contributed by atoms with Gasteiger partial charge < -0.3 is 5.32 Å². The van der Waals surface area contributed by atoms with E-state index in [1.54, 1.807) is 0 Å². The van der Waals surface area contributed by atoms with Crippen molar-refractivity contribution in [3.05, 3.63) is 42.4 Å². The molecule has 0 spiro atoms. The number of benzene rings is 1. The third-order valence-electron chi connectivity index (χ3n) is 7.22. The Bertz CT molecular complexity index is 1130. The molecule has 0 saturated carbocycles. The van der Waals surface area contributed by atoms with Gasteiger partial charge in [0, 0.05) is 36.8 Å². The normalized spacial score (nSPS) is 19.9. The molecule has 2 aliphatic heterocycles. The number of likely N-dealkylation sites (tertiary alicyclic amines) is 2. The second-order valence-electron chi connectivity index (χ2n) is 9.61. The van der Waals surface area contributed by atoms with Gasteiger partial charge >= 0.3 is 0 Å². The maximum Gasteiger partial charge on any atom is 0.239 e. The van der Waals surface area contributed by atoms with Crippen LogP contribution in [0.5, 0.6) is 0 Å². The van der Waals surface area contributed by atoms with Crippen molar-refractivity contribution in [2.75, 3.05) is 31.5 Å². The van der Waals surface area contributed by atoms with Gasteiger partial charge in [-0.15, -0.1) is 0 Å². The van der Waals surface area contributed by atoms with E-state index >= 15 is 0 Å². The SMILES string of the molecule is C[C@@H]1CCCN1CC(=O)Nc1cc2cc(-c3cnn(C)c3CN3CCCCC3)ccc2cn1. The number of piperidine rings is 1. The number of fused-ring (bicyclic) bond motifs is 1. The highest BCUT2D eigenvalue weighted by Crippen LogP contribution is 2.29. The molecule has 7 nitrogen and oxygen atoms in total. The van der Waals surface area contributed by atoms with Crippen LogP contribution >= 0.6 is 0 Å². The molecular weight excluding hydrogens is 412 g/mol. The Hall–Kier alpha value is -2.77. The molecule has 2 aliphatic rings. The average Bonchev–Trinajstić information content (AvgIpc) is 3.39. The minimum Gasteiger partial charge on any atom is -0.310 e. The van der Waals surface area contributed by atoms with Gasteiger partial charge in [0.1, 0.15) is 5.82 Å². The first-order valence-electron chi connectivity index (χ1n) is 12.2. The van der Waals surface area contributed by atoms with Crippen LogP contribution < -0.4 is 5.32 Å². The number of carbonyl (C=O) groups excluding carboxylic acids is 1. The van der Waals surface area contributed by atoms with Crippen LogP contribution in [0.1, 0.15) is 44.7 Å². The molecule has 1 amide bonds. The van der Waals surface area contributed by atoms with Crippen molar-refractivity contribution in [1.29, 1.82) is 0 Å². The van der Waals surface area contributed by atoms with E-state index in [2.05, 4.69) is 50.3 Å². The molecule has 7 heteroatoms. The standard InChI is InChI=1S/C26H34N6O/c1-19-7-6-12-32(19)18-26(33)29-25-14-22-13-20(8-9-21(22)15-27-25)23-16-28-30(2)24(23)17-31-10-4-3-5-11-31/h8-9,13-16,19H,3-7,10-12,17-18H2,1-2H3,(H,27,29,33)/t19-/m1/s1. The lowest BCUT2D eigenvalue weighted by Crippen LogP contribution is -2.35. The number of hydrogen-bond donors (Lipinski definition) is 1. The molecule has 1 N–H and O–H groups in total. The Balaban J connectivity index is 1.35. The van der Waals surface area contributed by atoms with Gasteiger partial charge in [0.05, 0.1) is 18.4 Å². The van der Waals surface area contributed by atoms with Gasteiger partial charge in [0.2, 0.25) is 5.91 Å². The van der Waals surface area contributed by atoms with E-state index in [0.717, 1.165) is 42.5 Å². The summed E-state index contributed by atoms with van der Waals surface area (Å²) in [5.41, 5.74) is 3.57. The Morgan fingerprint density at radius 3 is 2.70 bits per heavy atom. The highest BCUT2D eigenvalue weighted by atomic mass is 16.2. The van der Waals surface area contributed by atoms with E-state index in [1.165, 1.54) is 43.4 Å². The molecule has 0 aliphatic carbocycles. The summed E-state index contributed by atoms with van der Waals surface area (Å²) in [7, 11) is 2.03. The largest absolute Gasteiger partial charge is 0.310 e. The van der Waals surface area contributed by atoms with Crippen LogP contribution in [0, 0.1) is 0 Å². The molecule has 2 aromatic heterocycles. The molecule has 0 radical (unpaired) electrons. The van der Waals surface area contributed by atoms with Crippen molar-refractivity contribution in [2.45, 2.75) is 51.6 Å². The highest BCUT2D eigenvalue weighted by molar-refractivity contribution is 5.95. The summed E-state index contributed by atoms with van der Waals surface area (Å²) in [5.74, 6) is 0.610. The fourth-order valence-corrected chi connectivity index (χ4v) is 5.19. The molecule has 3 aromatic rings. The molecule has 2 saturated heterocycles. The number of hydrogen-bond acceptors (Lipinski definition) is 5. The van der Waals surface area contributed by atoms with E-state index in [-0.39, 0.29) is 5.91 Å². The average molecular weight is 447 g/mol. The number of anilines is 1. The van der Waals surface area contributed by atoms with Gasteiger partial charge in [0.15, 0.2) is 0 Å². The minimum atomic E-state index is 0.00262. The number of carbonyl (C=O) groups is 1. The van der Waals surface area contributed by atoms with Crippen molar-refractivity contribution in [2.24, 2.45) is 7.05 Å². The molecular formula is C26H34N6O. The van der Waals surface area contributed by atoms with Crippen molar-refractivity contribution in [1.82, 2.24) is 24.6 Å². The molecule has 4 heterocycles. The predicted molar refractivity (Wildman–Crippen MR) is 132 cm³/mol. The van der Waals surface area contributed by atoms with Gasteiger partial charge in [-0.05, 0) is 75.3 Å². The number of amides is 1. The lowest BCUT2D eigenvalue weighted by Gasteiger charge is -2.26. The molecule has 1 atom stereocenters. The molecule has 2 fully saturated rings. The van der Waals surface area contributed by atoms with E-state index in [0.29, 0.717) is 18.4 Å². The molecule has 174 valence electrons. The number of nitrogens with one attached hydrogen (secondary N) is 1. The lowest BCUT2D eigenvalue weighted by molar-refractivity contribution is -0.117. The van der Waals surface area contributed by atoms with Crippen LogP contribution in [-0.2, 0) is 18.4 Å². The van der Waals surface area contributed by atoms with Crippen molar-refractivity contribution in [3.8, 4) is 11.1 Å². The molecule has 1 aromatic carbocycles. The van der Waals surface area contributed by atoms with Gasteiger partial charge in [-0.3, -0.25) is 19.3 Å². The molecule has 33 heavy (non-hydrogen) atoms. The second kappa shape index (κ2) is 9.61. The van der Waals surface area contributed by atoms with Gasteiger partial charge in [-0.1, -0.05) is 18.6 Å². The van der Waals surface area contributed by atoms with Gasteiger partial charge in [0.25, 0.3) is 0 Å². The zero-order valence-corrected chi connectivity index (χ0v) is 19.8. The minimum absolute atomic E-state index is 0.00262. The van der Waals surface area contributed by atoms with Gasteiger partial charge in [-0.2, -0.15) is 5.10 Å². The number of nitrogens with zero attached hydrogens (tertiary/aromatic N) is 5. The van der Waals surface area contributed by atoms with Crippen molar-refractivity contribution >= 4 is 22.5 Å². The van der Waals surface area contributed by atoms with Gasteiger partial charge in [-0.25, -0.2) is 4.98 Å². The molecule has 5 rings (SSSR count). The monoisotopic (exact) mass is 446 g/mol. The summed E-state index contributed by atoms with van der Waals surface area (Å²) in [6.45, 7) is 6.86. The topological polar surface area (TPSA) is 66.3 Å². The van der Waals surface area contributed by atoms with Crippen LogP contribution in [0.4, 0.5) is 5.82 Å². The van der Waals surface area contributed by atoms with E-state index in [1.807, 2.05) is 30.2 Å². The van der Waals surface area contributed by atoms with Crippen molar-refractivity contribution in [3.63, 3.8) is 0 Å². The maximum atomic E-state index is 12.6. The Kier molecular flexibility index (Phi) is 6.42. The number of rotatable bonds is 6. The van der Waals surface area contributed by atoms with Crippen LogP contribution in [0.15, 0.2) is 36.7 Å². The van der Waals surface area contributed by atoms with E-state index < -0.39 is 0 Å². The number of aromatic nitrogens is 3. The summed E-state index contributed by atoms with van der Waals surface area (Å²) < 4.78 is 2.01. The van der Waals surface area contributed by atoms with Crippen molar-refractivity contribution < 1.29 is 4.79 Å². The van der Waals surface area contributed by atoms with Crippen LogP contribution in [0.3, 0.4) is 0 Å². The second-order valence-corrected chi connectivity index (χ2v) is 9.61. The van der Waals surface area contributed by atoms with Crippen LogP contribution in [-0.4, -0.2) is 62.7 Å². The zero-order valence-electron chi connectivity index (χ0n) is 19.8. The lowest BCUT2D eigenvalue weighted by atomic mass is 10.0. The van der Waals surface area contributed by atoms with E-state index in [4.69, 9.17) is 0 Å². The number of aryl methyl sites for hydroxylation is 1. The summed E-state index contributed by atoms with van der Waals surface area (Å²) in [5, 5.41) is 9.69. The fourth-order valence-electron chi connectivity index (χ4n) is 5.19. The first kappa shape index (κ1) is 22.0. The quantitative estimate of drug-likeness (QED) is 0.619. The van der Waals surface area contributed by atoms with Crippen LogP contribution in [0.2, 0.25) is 0 Å². The Labute approximate surface area is 195 Å². The first-order chi connectivity index (χ1) is 16.1. The fraction of sp³-hybridized carbons (Fsp3) is 0.500. The molecule has 0 unspecified atom stereocenters. The van der Waals surface area contributed by atoms with Crippen LogP contribution in [0.25, 0.3) is 21.9 Å². The zero-order chi connectivity index (χ0) is 22.8. The third-order valence-corrected chi connectivity index (χ3v) is 7.22. The summed E-state index contributed by atoms with van der Waals surface area (Å²) in [4.78, 5) is 21.8. The maximum absolute atomic E-state index is 12.6. The Morgan fingerprint density at radius 1 is 1.06 bits per heavy atom. The molecule has 0 bridgehead atoms. The summed E-state index contributed by atoms with van der Waals surface area (Å²) in [6, 6.07) is 8.89. The summed E-state index contributed by atoms with van der Waals surface area (Å²) in [6.07, 6.45) is 10.0. The first-order valence-corrected chi connectivity index (χ1v) is 12.2. The smallest absolute Gasteiger partial charge is 0.239 e. The number of pyridine rings is 1. The third kappa shape index (κ3) is 4.94. The van der Waals surface area contributed by atoms with E-state index in [9.17, 15) is 4.79 Å². The predicted octanol–water partition coefficient (Wildman–Crippen LogP) is 4.04. The summed E-state index contributed by atoms with van der Waals surface area (Å²) >= 11 is 0. The Morgan fingerprint density at radius 2 is 1.91 bits per heavy atom. The highest BCUT2D eigenvalue weighted by Gasteiger charge is 2.22.